The molecule has 0 aromatic heterocycles. The van der Waals surface area contributed by atoms with Crippen molar-refractivity contribution in [2.24, 2.45) is 0 Å². The average Bonchev–Trinajstić information content (AvgIpc) is 2.19. The standard InChI is InChI=1S/C11H10BrNO2/c12-10-6-13-5-9-7(4-11(14)15)2-1-3-8(9)10/h1-2,4,6,13H,3,5H2,(H,14,15). The largest absolute Gasteiger partial charge is 0.478 e. The first-order chi connectivity index (χ1) is 7.18. The van der Waals surface area contributed by atoms with Crippen molar-refractivity contribution in [3.8, 4) is 0 Å². The van der Waals surface area contributed by atoms with E-state index in [0.29, 0.717) is 6.54 Å². The molecule has 4 heteroatoms. The lowest BCUT2D eigenvalue weighted by molar-refractivity contribution is -0.131. The number of rotatable bonds is 1. The first kappa shape index (κ1) is 10.2. The highest BCUT2D eigenvalue weighted by atomic mass is 79.9. The highest BCUT2D eigenvalue weighted by molar-refractivity contribution is 9.12. The second-order valence-electron chi connectivity index (χ2n) is 3.37. The molecule has 2 N–H and O–H groups in total. The zero-order valence-electron chi connectivity index (χ0n) is 7.96. The molecule has 0 fully saturated rings. The molecule has 0 spiro atoms. The average molecular weight is 268 g/mol. The molecule has 2 rings (SSSR count). The van der Waals surface area contributed by atoms with Crippen LogP contribution in [-0.2, 0) is 4.79 Å². The van der Waals surface area contributed by atoms with Crippen LogP contribution in [0.15, 0.2) is 45.6 Å². The van der Waals surface area contributed by atoms with Crippen LogP contribution in [0.5, 0.6) is 0 Å². The Kier molecular flexibility index (Phi) is 2.77. The number of carboxylic acids is 1. The van der Waals surface area contributed by atoms with Gasteiger partial charge in [0.15, 0.2) is 0 Å². The number of carboxylic acid groups (broad SMARTS) is 1. The van der Waals surface area contributed by atoms with Crippen molar-refractivity contribution < 1.29 is 9.90 Å². The minimum Gasteiger partial charge on any atom is -0.478 e. The molecule has 1 aliphatic carbocycles. The van der Waals surface area contributed by atoms with Crippen LogP contribution in [0.4, 0.5) is 0 Å². The number of allylic oxidation sites excluding steroid dienone is 4. The summed E-state index contributed by atoms with van der Waals surface area (Å²) in [4.78, 5) is 10.6. The van der Waals surface area contributed by atoms with Gasteiger partial charge in [0.1, 0.15) is 0 Å². The van der Waals surface area contributed by atoms with Gasteiger partial charge < -0.3 is 10.4 Å². The quantitative estimate of drug-likeness (QED) is 0.716. The van der Waals surface area contributed by atoms with Crippen LogP contribution in [0.1, 0.15) is 6.42 Å². The molecule has 0 saturated heterocycles. The Balaban J connectivity index is 2.43. The fraction of sp³-hybridized carbons (Fsp3) is 0.182. The molecule has 0 amide bonds. The highest BCUT2D eigenvalue weighted by Gasteiger charge is 2.18. The van der Waals surface area contributed by atoms with Crippen LogP contribution < -0.4 is 5.32 Å². The van der Waals surface area contributed by atoms with E-state index in [-0.39, 0.29) is 0 Å². The second kappa shape index (κ2) is 4.06. The van der Waals surface area contributed by atoms with Gasteiger partial charge >= 0.3 is 5.97 Å². The minimum absolute atomic E-state index is 0.688. The van der Waals surface area contributed by atoms with E-state index < -0.39 is 5.97 Å². The molecule has 0 atom stereocenters. The van der Waals surface area contributed by atoms with Gasteiger partial charge in [-0.3, -0.25) is 0 Å². The van der Waals surface area contributed by atoms with Gasteiger partial charge in [0.2, 0.25) is 0 Å². The summed E-state index contributed by atoms with van der Waals surface area (Å²) in [5.41, 5.74) is 3.01. The number of hydrogen-bond acceptors (Lipinski definition) is 2. The van der Waals surface area contributed by atoms with Crippen LogP contribution in [0.2, 0.25) is 0 Å². The van der Waals surface area contributed by atoms with Crippen molar-refractivity contribution in [1.29, 1.82) is 0 Å². The summed E-state index contributed by atoms with van der Waals surface area (Å²) in [6.45, 7) is 0.688. The summed E-state index contributed by atoms with van der Waals surface area (Å²) in [5.74, 6) is -0.908. The molecule has 1 heterocycles. The van der Waals surface area contributed by atoms with Crippen LogP contribution in [-0.4, -0.2) is 17.6 Å². The summed E-state index contributed by atoms with van der Waals surface area (Å²) in [5, 5.41) is 11.8. The Morgan fingerprint density at radius 1 is 1.53 bits per heavy atom. The number of nitrogens with one attached hydrogen (secondary N) is 1. The smallest absolute Gasteiger partial charge is 0.328 e. The van der Waals surface area contributed by atoms with Crippen LogP contribution >= 0.6 is 15.9 Å². The number of dihydropyridines is 1. The fourth-order valence-electron chi connectivity index (χ4n) is 1.75. The third-order valence-corrected chi connectivity index (χ3v) is 3.11. The summed E-state index contributed by atoms with van der Waals surface area (Å²) >= 11 is 3.46. The van der Waals surface area contributed by atoms with Crippen LogP contribution in [0.3, 0.4) is 0 Å². The van der Waals surface area contributed by atoms with Gasteiger partial charge in [-0.25, -0.2) is 4.79 Å². The molecule has 2 aliphatic rings. The molecule has 1 aliphatic heterocycles. The molecule has 78 valence electrons. The van der Waals surface area contributed by atoms with Gasteiger partial charge in [-0.2, -0.15) is 0 Å². The fourth-order valence-corrected chi connectivity index (χ4v) is 2.31. The molecule has 0 aromatic carbocycles. The first-order valence-corrected chi connectivity index (χ1v) is 5.41. The van der Waals surface area contributed by atoms with Crippen molar-refractivity contribution in [3.05, 3.63) is 45.6 Å². The predicted octanol–water partition coefficient (Wildman–Crippen LogP) is 2.09. The maximum Gasteiger partial charge on any atom is 0.328 e. The van der Waals surface area contributed by atoms with Gasteiger partial charge in [0, 0.05) is 23.3 Å². The molecule has 0 bridgehead atoms. The second-order valence-corrected chi connectivity index (χ2v) is 4.23. The molecule has 15 heavy (non-hydrogen) atoms. The van der Waals surface area contributed by atoms with E-state index in [2.05, 4.69) is 21.2 Å². The summed E-state index contributed by atoms with van der Waals surface area (Å²) in [7, 11) is 0. The molecule has 0 radical (unpaired) electrons. The highest BCUT2D eigenvalue weighted by Crippen LogP contribution is 2.33. The third kappa shape index (κ3) is 2.04. The Morgan fingerprint density at radius 3 is 3.07 bits per heavy atom. The minimum atomic E-state index is -0.908. The first-order valence-electron chi connectivity index (χ1n) is 4.61. The van der Waals surface area contributed by atoms with Crippen molar-refractivity contribution in [2.75, 3.05) is 6.54 Å². The van der Waals surface area contributed by atoms with Gasteiger partial charge in [-0.1, -0.05) is 12.2 Å². The Morgan fingerprint density at radius 2 is 2.33 bits per heavy atom. The SMILES string of the molecule is O=C(O)C=C1C=CCC2=C1CNC=C2Br. The van der Waals surface area contributed by atoms with Crippen molar-refractivity contribution >= 4 is 21.9 Å². The predicted molar refractivity (Wildman–Crippen MR) is 61.5 cm³/mol. The van der Waals surface area contributed by atoms with Crippen molar-refractivity contribution in [3.63, 3.8) is 0 Å². The Labute approximate surface area is 96.0 Å². The number of carbonyl (C=O) groups is 1. The molecular weight excluding hydrogens is 258 g/mol. The Bertz CT molecular complexity index is 430. The maximum atomic E-state index is 10.6. The van der Waals surface area contributed by atoms with Gasteiger partial charge in [-0.15, -0.1) is 0 Å². The monoisotopic (exact) mass is 267 g/mol. The summed E-state index contributed by atoms with van der Waals surface area (Å²) in [6.07, 6.45) is 7.84. The zero-order valence-corrected chi connectivity index (χ0v) is 9.54. The lowest BCUT2D eigenvalue weighted by Gasteiger charge is -2.23. The van der Waals surface area contributed by atoms with Crippen LogP contribution in [0, 0.1) is 0 Å². The van der Waals surface area contributed by atoms with E-state index in [1.165, 1.54) is 11.6 Å². The molecule has 0 aromatic rings. The Hall–Kier alpha value is -1.29. The maximum absolute atomic E-state index is 10.6. The third-order valence-electron chi connectivity index (χ3n) is 2.41. The van der Waals surface area contributed by atoms with Crippen molar-refractivity contribution in [1.82, 2.24) is 5.32 Å². The lowest BCUT2D eigenvalue weighted by Crippen LogP contribution is -2.19. The lowest BCUT2D eigenvalue weighted by atomic mass is 9.90. The molecule has 0 saturated carbocycles. The van der Waals surface area contributed by atoms with E-state index in [4.69, 9.17) is 5.11 Å². The topological polar surface area (TPSA) is 49.3 Å². The van der Waals surface area contributed by atoms with E-state index in [1.807, 2.05) is 18.4 Å². The summed E-state index contributed by atoms with van der Waals surface area (Å²) in [6, 6.07) is 0. The van der Waals surface area contributed by atoms with Gasteiger partial charge in [0.05, 0.1) is 0 Å². The van der Waals surface area contributed by atoms with E-state index >= 15 is 0 Å². The number of hydrogen-bond donors (Lipinski definition) is 2. The van der Waals surface area contributed by atoms with Gasteiger partial charge in [0.25, 0.3) is 0 Å². The number of aliphatic carboxylic acids is 1. The van der Waals surface area contributed by atoms with E-state index in [0.717, 1.165) is 22.0 Å². The van der Waals surface area contributed by atoms with E-state index in [9.17, 15) is 4.79 Å². The van der Waals surface area contributed by atoms with E-state index in [1.54, 1.807) is 0 Å². The molecule has 3 nitrogen and oxygen atoms in total. The number of halogens is 1. The van der Waals surface area contributed by atoms with Gasteiger partial charge in [-0.05, 0) is 39.1 Å². The van der Waals surface area contributed by atoms with Crippen LogP contribution in [0.25, 0.3) is 0 Å². The zero-order chi connectivity index (χ0) is 10.8. The molecule has 0 unspecified atom stereocenters. The van der Waals surface area contributed by atoms with Crippen molar-refractivity contribution in [2.45, 2.75) is 6.42 Å². The molecular formula is C11H10BrNO2. The summed E-state index contributed by atoms with van der Waals surface area (Å²) < 4.78 is 1.00. The normalized spacial score (nSPS) is 22.2.